The second-order valence-electron chi connectivity index (χ2n) is 7.32. The van der Waals surface area contributed by atoms with Crippen LogP contribution in [0.1, 0.15) is 25.0 Å². The number of hydrogen-bond donors (Lipinski definition) is 0. The monoisotopic (exact) mass is 493 g/mol. The molecule has 0 radical (unpaired) electrons. The zero-order chi connectivity index (χ0) is 23.9. The molecule has 34 heavy (non-hydrogen) atoms. The van der Waals surface area contributed by atoms with Gasteiger partial charge in [0, 0.05) is 17.8 Å². The van der Waals surface area contributed by atoms with Gasteiger partial charge >= 0.3 is 0 Å². The molecule has 6 nitrogen and oxygen atoms in total. The smallest absolute Gasteiger partial charge is 0.266 e. The molecule has 1 saturated heterocycles. The van der Waals surface area contributed by atoms with Crippen molar-refractivity contribution in [2.45, 2.75) is 20.5 Å². The van der Waals surface area contributed by atoms with Crippen LogP contribution in [0.5, 0.6) is 11.5 Å². The number of hydrogen-bond acceptors (Lipinski definition) is 6. The number of ether oxygens (including phenoxy) is 2. The minimum absolute atomic E-state index is 0.0730. The molecule has 2 aromatic carbocycles. The van der Waals surface area contributed by atoms with Gasteiger partial charge in [-0.1, -0.05) is 29.8 Å². The predicted molar refractivity (Wildman–Crippen MR) is 138 cm³/mol. The summed E-state index contributed by atoms with van der Waals surface area (Å²) in [7, 11) is 0. The van der Waals surface area contributed by atoms with E-state index in [-0.39, 0.29) is 5.91 Å². The van der Waals surface area contributed by atoms with Gasteiger partial charge in [-0.05, 0) is 79.2 Å². The van der Waals surface area contributed by atoms with Gasteiger partial charge in [0.15, 0.2) is 16.7 Å². The summed E-state index contributed by atoms with van der Waals surface area (Å²) in [5.41, 5.74) is 2.56. The second-order valence-corrected chi connectivity index (χ2v) is 8.77. The molecule has 0 aliphatic carbocycles. The molecule has 0 unspecified atom stereocenters. The number of carbonyl (C=O) groups excluding carboxylic acids is 1. The number of likely N-dealkylation sites (N-methyl/N-ethyl adjacent to an activating group) is 1. The summed E-state index contributed by atoms with van der Waals surface area (Å²) in [6.07, 6.45) is 5.22. The topological polar surface area (TPSA) is 64.0 Å². The third-order valence-electron chi connectivity index (χ3n) is 4.95. The third-order valence-corrected chi connectivity index (χ3v) is 6.21. The van der Waals surface area contributed by atoms with Crippen molar-refractivity contribution in [1.82, 2.24) is 9.88 Å². The fourth-order valence-corrected chi connectivity index (χ4v) is 4.48. The van der Waals surface area contributed by atoms with E-state index in [0.29, 0.717) is 52.0 Å². The van der Waals surface area contributed by atoms with Crippen molar-refractivity contribution in [1.29, 1.82) is 0 Å². The minimum atomic E-state index is -0.0730. The van der Waals surface area contributed by atoms with E-state index in [4.69, 9.17) is 21.1 Å². The van der Waals surface area contributed by atoms with E-state index >= 15 is 0 Å². The Morgan fingerprint density at radius 1 is 1.09 bits per heavy atom. The van der Waals surface area contributed by atoms with Gasteiger partial charge in [0.1, 0.15) is 6.61 Å². The lowest BCUT2D eigenvalue weighted by molar-refractivity contribution is -0.122. The lowest BCUT2D eigenvalue weighted by atomic mass is 10.1. The van der Waals surface area contributed by atoms with Gasteiger partial charge in [-0.3, -0.25) is 14.7 Å². The average molecular weight is 494 g/mol. The molecule has 174 valence electrons. The number of carbonyl (C=O) groups is 1. The van der Waals surface area contributed by atoms with Crippen molar-refractivity contribution in [2.75, 3.05) is 13.2 Å². The van der Waals surface area contributed by atoms with E-state index in [1.54, 1.807) is 17.3 Å². The van der Waals surface area contributed by atoms with Gasteiger partial charge in [0.05, 0.1) is 23.4 Å². The number of benzene rings is 2. The quantitative estimate of drug-likeness (QED) is 0.343. The summed E-state index contributed by atoms with van der Waals surface area (Å²) in [4.78, 5) is 23.9. The lowest BCUT2D eigenvalue weighted by Crippen LogP contribution is -2.28. The zero-order valence-electron chi connectivity index (χ0n) is 18.9. The van der Waals surface area contributed by atoms with E-state index in [1.807, 2.05) is 74.5 Å². The van der Waals surface area contributed by atoms with Crippen molar-refractivity contribution >= 4 is 46.2 Å². The molecule has 1 aromatic heterocycles. The summed E-state index contributed by atoms with van der Waals surface area (Å²) in [6, 6.07) is 16.8. The highest BCUT2D eigenvalue weighted by Gasteiger charge is 2.32. The highest BCUT2D eigenvalue weighted by molar-refractivity contribution is 8.18. The number of halogens is 1. The van der Waals surface area contributed by atoms with Crippen molar-refractivity contribution in [3.8, 4) is 11.5 Å². The molecule has 1 fully saturated rings. The Balaban J connectivity index is 1.55. The molecule has 0 saturated carbocycles. The number of amidine groups is 1. The van der Waals surface area contributed by atoms with Crippen molar-refractivity contribution in [3.63, 3.8) is 0 Å². The summed E-state index contributed by atoms with van der Waals surface area (Å²) in [5.74, 6) is 1.19. The van der Waals surface area contributed by atoms with Crippen LogP contribution >= 0.6 is 23.4 Å². The maximum atomic E-state index is 13.0. The first-order valence-corrected chi connectivity index (χ1v) is 12.1. The van der Waals surface area contributed by atoms with Crippen molar-refractivity contribution < 1.29 is 14.3 Å². The first kappa shape index (κ1) is 23.9. The Hall–Kier alpha value is -3.29. The highest BCUT2D eigenvalue weighted by atomic mass is 35.5. The second kappa shape index (κ2) is 11.2. The first-order chi connectivity index (χ1) is 16.6. The Morgan fingerprint density at radius 3 is 2.62 bits per heavy atom. The van der Waals surface area contributed by atoms with E-state index < -0.39 is 0 Å². The maximum absolute atomic E-state index is 13.0. The summed E-state index contributed by atoms with van der Waals surface area (Å²) in [6.45, 7) is 5.27. The summed E-state index contributed by atoms with van der Waals surface area (Å²) >= 11 is 7.31. The SMILES string of the molecule is CCOc1cc(/C=C2\SC(=Nc3cccnc3)N(CC)C2=O)ccc1OCc1ccc(Cl)cc1. The largest absolute Gasteiger partial charge is 0.490 e. The van der Waals surface area contributed by atoms with Gasteiger partial charge in [0.2, 0.25) is 0 Å². The van der Waals surface area contributed by atoms with Crippen LogP contribution in [0.2, 0.25) is 5.02 Å². The molecule has 8 heteroatoms. The molecule has 1 aliphatic heterocycles. The van der Waals surface area contributed by atoms with Crippen LogP contribution < -0.4 is 9.47 Å². The third kappa shape index (κ3) is 5.79. The molecule has 0 N–H and O–H groups in total. The van der Waals surface area contributed by atoms with Crippen LogP contribution in [-0.2, 0) is 11.4 Å². The summed E-state index contributed by atoms with van der Waals surface area (Å²) < 4.78 is 11.8. The molecule has 0 bridgehead atoms. The van der Waals surface area contributed by atoms with E-state index in [2.05, 4.69) is 9.98 Å². The van der Waals surface area contributed by atoms with Crippen LogP contribution in [0.25, 0.3) is 6.08 Å². The molecule has 4 rings (SSSR count). The van der Waals surface area contributed by atoms with Crippen molar-refractivity contribution in [2.24, 2.45) is 4.99 Å². The molecular formula is C26H24ClN3O3S. The van der Waals surface area contributed by atoms with Crippen LogP contribution in [0.15, 0.2) is 76.9 Å². The standard InChI is InChI=1S/C26H24ClN3O3S/c1-3-30-25(31)24(34-26(30)29-21-6-5-13-28-16-21)15-19-9-12-22(23(14-19)32-4-2)33-17-18-7-10-20(27)11-8-18/h5-16H,3-4,17H2,1-2H3/b24-15-,29-26?. The van der Waals surface area contributed by atoms with Gasteiger partial charge in [-0.25, -0.2) is 4.99 Å². The lowest BCUT2D eigenvalue weighted by Gasteiger charge is -2.13. The number of amides is 1. The van der Waals surface area contributed by atoms with Crippen LogP contribution in [0.3, 0.4) is 0 Å². The summed E-state index contributed by atoms with van der Waals surface area (Å²) in [5, 5.41) is 1.32. The molecule has 1 amide bonds. The Labute approximate surface area is 208 Å². The van der Waals surface area contributed by atoms with Gasteiger partial charge < -0.3 is 9.47 Å². The Bertz CT molecular complexity index is 1210. The molecule has 0 atom stereocenters. The Morgan fingerprint density at radius 2 is 1.91 bits per heavy atom. The molecular weight excluding hydrogens is 470 g/mol. The van der Waals surface area contributed by atoms with Gasteiger partial charge in [-0.15, -0.1) is 0 Å². The molecule has 1 aliphatic rings. The van der Waals surface area contributed by atoms with Gasteiger partial charge in [-0.2, -0.15) is 0 Å². The number of nitrogens with zero attached hydrogens (tertiary/aromatic N) is 3. The van der Waals surface area contributed by atoms with E-state index in [1.165, 1.54) is 11.8 Å². The van der Waals surface area contributed by atoms with Crippen molar-refractivity contribution in [3.05, 3.63) is 88.0 Å². The zero-order valence-corrected chi connectivity index (χ0v) is 20.5. The number of pyridine rings is 1. The predicted octanol–water partition coefficient (Wildman–Crippen LogP) is 6.34. The number of aliphatic imine (C=N–C) groups is 1. The van der Waals surface area contributed by atoms with Crippen LogP contribution in [0, 0.1) is 0 Å². The van der Waals surface area contributed by atoms with E-state index in [0.717, 1.165) is 11.1 Å². The highest BCUT2D eigenvalue weighted by Crippen LogP contribution is 2.36. The van der Waals surface area contributed by atoms with Gasteiger partial charge in [0.25, 0.3) is 5.91 Å². The molecule has 2 heterocycles. The fourth-order valence-electron chi connectivity index (χ4n) is 3.30. The fraction of sp³-hybridized carbons (Fsp3) is 0.192. The van der Waals surface area contributed by atoms with E-state index in [9.17, 15) is 4.79 Å². The average Bonchev–Trinajstić information content (AvgIpc) is 3.14. The maximum Gasteiger partial charge on any atom is 0.266 e. The normalized spacial score (nSPS) is 15.9. The molecule has 3 aromatic rings. The van der Waals surface area contributed by atoms with Crippen LogP contribution in [-0.4, -0.2) is 34.1 Å². The Kier molecular flexibility index (Phi) is 7.87. The number of rotatable bonds is 8. The minimum Gasteiger partial charge on any atom is -0.490 e. The number of thioether (sulfide) groups is 1. The van der Waals surface area contributed by atoms with Crippen LogP contribution in [0.4, 0.5) is 5.69 Å². The first-order valence-electron chi connectivity index (χ1n) is 10.9. The molecule has 0 spiro atoms. The number of aromatic nitrogens is 1.